The summed E-state index contributed by atoms with van der Waals surface area (Å²) in [6.45, 7) is 3.92. The number of carbonyl (C=O) groups is 1. The van der Waals surface area contributed by atoms with Crippen molar-refractivity contribution in [1.82, 2.24) is 15.6 Å². The van der Waals surface area contributed by atoms with Crippen LogP contribution in [0.4, 0.5) is 4.39 Å². The third kappa shape index (κ3) is 3.00. The van der Waals surface area contributed by atoms with Crippen LogP contribution in [0.3, 0.4) is 0 Å². The summed E-state index contributed by atoms with van der Waals surface area (Å²) in [4.78, 5) is 17.5. The molecule has 1 aromatic heterocycles. The van der Waals surface area contributed by atoms with E-state index in [4.69, 9.17) is 0 Å². The Kier molecular flexibility index (Phi) is 3.96. The first-order chi connectivity index (χ1) is 11.6. The minimum absolute atomic E-state index is 0.104. The third-order valence-corrected chi connectivity index (χ3v) is 5.17. The Morgan fingerprint density at radius 3 is 2.88 bits per heavy atom. The number of pyridine rings is 1. The molecule has 4 nitrogen and oxygen atoms in total. The quantitative estimate of drug-likeness (QED) is 0.911. The minimum atomic E-state index is -0.342. The Labute approximate surface area is 140 Å². The van der Waals surface area contributed by atoms with Gasteiger partial charge in [-0.1, -0.05) is 6.92 Å². The lowest BCUT2D eigenvalue weighted by atomic mass is 9.94. The number of amides is 1. The molecule has 126 valence electrons. The third-order valence-electron chi connectivity index (χ3n) is 5.17. The second-order valence-corrected chi connectivity index (χ2v) is 7.08. The zero-order valence-electron chi connectivity index (χ0n) is 13.8. The van der Waals surface area contributed by atoms with Gasteiger partial charge in [0.25, 0.3) is 5.91 Å². The lowest BCUT2D eigenvalue weighted by molar-refractivity contribution is 0.0917. The van der Waals surface area contributed by atoms with E-state index < -0.39 is 0 Å². The van der Waals surface area contributed by atoms with Gasteiger partial charge in [0.2, 0.25) is 0 Å². The smallest absolute Gasteiger partial charge is 0.252 e. The molecule has 1 saturated carbocycles. The van der Waals surface area contributed by atoms with E-state index in [1.807, 2.05) is 6.07 Å². The zero-order valence-corrected chi connectivity index (χ0v) is 13.8. The molecule has 5 heteroatoms. The molecule has 2 N–H and O–H groups in total. The predicted octanol–water partition coefficient (Wildman–Crippen LogP) is 2.98. The second kappa shape index (κ2) is 6.13. The van der Waals surface area contributed by atoms with Crippen LogP contribution in [0.15, 0.2) is 24.3 Å². The zero-order chi connectivity index (χ0) is 16.7. The van der Waals surface area contributed by atoms with Crippen LogP contribution in [-0.4, -0.2) is 30.0 Å². The van der Waals surface area contributed by atoms with Crippen molar-refractivity contribution in [3.63, 3.8) is 0 Å². The van der Waals surface area contributed by atoms with Gasteiger partial charge in [-0.25, -0.2) is 4.39 Å². The predicted molar refractivity (Wildman–Crippen MR) is 91.6 cm³/mol. The number of aromatic nitrogens is 1. The summed E-state index contributed by atoms with van der Waals surface area (Å²) < 4.78 is 13.7. The Bertz CT molecular complexity index is 788. The van der Waals surface area contributed by atoms with Gasteiger partial charge < -0.3 is 10.6 Å². The molecule has 0 radical (unpaired) electrons. The van der Waals surface area contributed by atoms with Crippen LogP contribution in [0.5, 0.6) is 0 Å². The van der Waals surface area contributed by atoms with Crippen molar-refractivity contribution in [2.75, 3.05) is 13.1 Å². The maximum atomic E-state index is 13.7. The summed E-state index contributed by atoms with van der Waals surface area (Å²) in [5, 5.41) is 7.04. The van der Waals surface area contributed by atoms with E-state index in [0.717, 1.165) is 38.0 Å². The number of benzene rings is 1. The van der Waals surface area contributed by atoms with Gasteiger partial charge in [-0.2, -0.15) is 0 Å². The van der Waals surface area contributed by atoms with E-state index in [0.29, 0.717) is 28.3 Å². The molecule has 4 rings (SSSR count). The van der Waals surface area contributed by atoms with Crippen molar-refractivity contribution in [1.29, 1.82) is 0 Å². The highest BCUT2D eigenvalue weighted by atomic mass is 19.1. The number of nitrogens with one attached hydrogen (secondary N) is 2. The van der Waals surface area contributed by atoms with Crippen molar-refractivity contribution in [2.24, 2.45) is 5.92 Å². The number of carbonyl (C=O) groups excluding carboxylic acids is 1. The van der Waals surface area contributed by atoms with Gasteiger partial charge in [-0.3, -0.25) is 9.78 Å². The largest absolute Gasteiger partial charge is 0.348 e. The summed E-state index contributed by atoms with van der Waals surface area (Å²) in [5.41, 5.74) is 2.19. The Morgan fingerprint density at radius 1 is 1.29 bits per heavy atom. The Morgan fingerprint density at radius 2 is 2.12 bits per heavy atom. The molecule has 1 aromatic carbocycles. The molecule has 2 heterocycles. The van der Waals surface area contributed by atoms with E-state index in [1.165, 1.54) is 12.1 Å². The van der Waals surface area contributed by atoms with E-state index in [1.54, 1.807) is 6.07 Å². The molecule has 1 aliphatic heterocycles. The van der Waals surface area contributed by atoms with Crippen molar-refractivity contribution < 1.29 is 9.18 Å². The van der Waals surface area contributed by atoms with Gasteiger partial charge in [0.1, 0.15) is 5.82 Å². The molecule has 2 atom stereocenters. The van der Waals surface area contributed by atoms with E-state index >= 15 is 0 Å². The van der Waals surface area contributed by atoms with Crippen LogP contribution in [0, 0.1) is 11.7 Å². The molecule has 0 bridgehead atoms. The summed E-state index contributed by atoms with van der Waals surface area (Å²) in [7, 11) is 0. The van der Waals surface area contributed by atoms with Crippen molar-refractivity contribution in [3.8, 4) is 0 Å². The number of hydrogen-bond acceptors (Lipinski definition) is 3. The van der Waals surface area contributed by atoms with Crippen molar-refractivity contribution in [2.45, 2.75) is 38.1 Å². The highest BCUT2D eigenvalue weighted by Gasteiger charge is 2.28. The molecular weight excluding hydrogens is 305 g/mol. The average Bonchev–Trinajstić information content (AvgIpc) is 3.41. The summed E-state index contributed by atoms with van der Waals surface area (Å²) in [5.74, 6) is 0.407. The lowest BCUT2D eigenvalue weighted by Crippen LogP contribution is -2.50. The molecule has 2 unspecified atom stereocenters. The topological polar surface area (TPSA) is 54.0 Å². The number of nitrogens with zero attached hydrogens (tertiary/aromatic N) is 1. The molecule has 2 aromatic rings. The number of piperidine rings is 1. The van der Waals surface area contributed by atoms with Crippen molar-refractivity contribution >= 4 is 16.8 Å². The van der Waals surface area contributed by atoms with Crippen LogP contribution in [0.1, 0.15) is 48.2 Å². The highest BCUT2D eigenvalue weighted by molar-refractivity contribution is 6.06. The standard InChI is InChI=1S/C19H22FN3O/c1-11-6-7-21-10-18(11)23-19(24)15-9-17(12-2-3-12)22-16-5-4-13(20)8-14(15)16/h4-5,8-9,11-12,18,21H,2-3,6-7,10H2,1H3,(H,23,24). The first-order valence-corrected chi connectivity index (χ1v) is 8.73. The number of hydrogen-bond donors (Lipinski definition) is 2. The fourth-order valence-electron chi connectivity index (χ4n) is 3.42. The van der Waals surface area contributed by atoms with Crippen molar-refractivity contribution in [3.05, 3.63) is 41.3 Å². The van der Waals surface area contributed by atoms with Gasteiger partial charge >= 0.3 is 0 Å². The maximum Gasteiger partial charge on any atom is 0.252 e. The van der Waals surface area contributed by atoms with Gasteiger partial charge in [-0.05, 0) is 56.0 Å². The fourth-order valence-corrected chi connectivity index (χ4v) is 3.42. The Hall–Kier alpha value is -2.01. The summed E-state index contributed by atoms with van der Waals surface area (Å²) >= 11 is 0. The molecule has 1 amide bonds. The number of rotatable bonds is 3. The van der Waals surface area contributed by atoms with E-state index in [9.17, 15) is 9.18 Å². The first kappa shape index (κ1) is 15.5. The summed E-state index contributed by atoms with van der Waals surface area (Å²) in [6.07, 6.45) is 3.28. The Balaban J connectivity index is 1.70. The number of fused-ring (bicyclic) bond motifs is 1. The molecule has 2 fully saturated rings. The van der Waals surface area contributed by atoms with E-state index in [-0.39, 0.29) is 17.8 Å². The van der Waals surface area contributed by atoms with Crippen LogP contribution in [-0.2, 0) is 0 Å². The highest BCUT2D eigenvalue weighted by Crippen LogP contribution is 2.40. The normalized spacial score (nSPS) is 24.1. The minimum Gasteiger partial charge on any atom is -0.348 e. The van der Waals surface area contributed by atoms with Crippen LogP contribution in [0.25, 0.3) is 10.9 Å². The molecule has 24 heavy (non-hydrogen) atoms. The van der Waals surface area contributed by atoms with Crippen LogP contribution in [0.2, 0.25) is 0 Å². The molecule has 2 aliphatic rings. The maximum absolute atomic E-state index is 13.7. The van der Waals surface area contributed by atoms with Crippen LogP contribution < -0.4 is 10.6 Å². The first-order valence-electron chi connectivity index (χ1n) is 8.73. The molecule has 1 saturated heterocycles. The number of halogens is 1. The van der Waals surface area contributed by atoms with Gasteiger partial charge in [-0.15, -0.1) is 0 Å². The summed E-state index contributed by atoms with van der Waals surface area (Å²) in [6, 6.07) is 6.44. The molecule has 0 spiro atoms. The fraction of sp³-hybridized carbons (Fsp3) is 0.474. The van der Waals surface area contributed by atoms with Gasteiger partial charge in [0.05, 0.1) is 11.1 Å². The van der Waals surface area contributed by atoms with Gasteiger partial charge in [0, 0.05) is 29.6 Å². The SMILES string of the molecule is CC1CCNCC1NC(=O)c1cc(C2CC2)nc2ccc(F)cc12. The molecular formula is C19H22FN3O. The van der Waals surface area contributed by atoms with E-state index in [2.05, 4.69) is 22.5 Å². The van der Waals surface area contributed by atoms with Gasteiger partial charge in [0.15, 0.2) is 0 Å². The molecule has 1 aliphatic carbocycles. The van der Waals surface area contributed by atoms with Crippen LogP contribution >= 0.6 is 0 Å². The second-order valence-electron chi connectivity index (χ2n) is 7.08. The monoisotopic (exact) mass is 327 g/mol. The average molecular weight is 327 g/mol. The lowest BCUT2D eigenvalue weighted by Gasteiger charge is -2.30.